The highest BCUT2D eigenvalue weighted by atomic mass is 35.5. The molecule has 26 heavy (non-hydrogen) atoms. The summed E-state index contributed by atoms with van der Waals surface area (Å²) in [5, 5.41) is 8.82. The Balaban J connectivity index is 1.67. The summed E-state index contributed by atoms with van der Waals surface area (Å²) in [4.78, 5) is 16.6. The van der Waals surface area contributed by atoms with E-state index in [-0.39, 0.29) is 5.91 Å². The van der Waals surface area contributed by atoms with Gasteiger partial charge in [-0.1, -0.05) is 29.3 Å². The van der Waals surface area contributed by atoms with Gasteiger partial charge in [-0.15, -0.1) is 11.3 Å². The number of nitrogens with zero attached hydrogens (tertiary/aromatic N) is 1. The number of nitrogens with one attached hydrogen (secondary N) is 2. The molecule has 1 heterocycles. The molecule has 2 N–H and O–H groups in total. The summed E-state index contributed by atoms with van der Waals surface area (Å²) in [5.41, 5.74) is 1.59. The van der Waals surface area contributed by atoms with E-state index < -0.39 is 0 Å². The van der Waals surface area contributed by atoms with Gasteiger partial charge in [-0.3, -0.25) is 4.79 Å². The summed E-state index contributed by atoms with van der Waals surface area (Å²) >= 11 is 13.4. The normalized spacial score (nSPS) is 10.4. The third-order valence-corrected chi connectivity index (χ3v) is 4.93. The van der Waals surface area contributed by atoms with Crippen molar-refractivity contribution in [2.24, 2.45) is 0 Å². The molecule has 8 heteroatoms. The molecule has 0 atom stereocenters. The third-order valence-electron chi connectivity index (χ3n) is 3.35. The first-order valence-corrected chi connectivity index (χ1v) is 9.41. The monoisotopic (exact) mass is 407 g/mol. The largest absolute Gasteiger partial charge is 0.494 e. The number of ether oxygens (including phenoxy) is 1. The lowest BCUT2D eigenvalue weighted by atomic mass is 10.3. The van der Waals surface area contributed by atoms with Gasteiger partial charge in [0.15, 0.2) is 5.13 Å². The van der Waals surface area contributed by atoms with Gasteiger partial charge in [0.25, 0.3) is 5.91 Å². The fourth-order valence-electron chi connectivity index (χ4n) is 2.15. The van der Waals surface area contributed by atoms with Gasteiger partial charge in [0.2, 0.25) is 0 Å². The van der Waals surface area contributed by atoms with Gasteiger partial charge in [-0.25, -0.2) is 4.98 Å². The number of benzene rings is 2. The standard InChI is InChI=1S/C18H15Cl2N3O2S/c1-2-25-12-8-6-11(7-9-12)21-18-23-15(10-26-18)17(24)22-14-5-3-4-13(19)16(14)20/h3-10H,2H2,1H3,(H,21,23)(H,22,24). The predicted molar refractivity (Wildman–Crippen MR) is 107 cm³/mol. The van der Waals surface area contributed by atoms with Crippen molar-refractivity contribution >= 4 is 57.0 Å². The molecule has 0 bridgehead atoms. The molecule has 0 unspecified atom stereocenters. The highest BCUT2D eigenvalue weighted by molar-refractivity contribution is 7.14. The minimum absolute atomic E-state index is 0.291. The quantitative estimate of drug-likeness (QED) is 0.538. The number of thiazole rings is 1. The van der Waals surface area contributed by atoms with Gasteiger partial charge in [0.1, 0.15) is 11.4 Å². The minimum Gasteiger partial charge on any atom is -0.494 e. The minimum atomic E-state index is -0.356. The fourth-order valence-corrected chi connectivity index (χ4v) is 3.21. The van der Waals surface area contributed by atoms with Crippen molar-refractivity contribution in [2.45, 2.75) is 6.92 Å². The van der Waals surface area contributed by atoms with Crippen molar-refractivity contribution in [2.75, 3.05) is 17.2 Å². The van der Waals surface area contributed by atoms with E-state index in [4.69, 9.17) is 27.9 Å². The molecule has 0 saturated carbocycles. The van der Waals surface area contributed by atoms with Gasteiger partial charge < -0.3 is 15.4 Å². The molecule has 0 spiro atoms. The Labute approximate surface area is 164 Å². The second-order valence-corrected chi connectivity index (χ2v) is 6.82. The van der Waals surface area contributed by atoms with E-state index in [1.807, 2.05) is 31.2 Å². The second kappa shape index (κ2) is 8.40. The third kappa shape index (κ3) is 4.46. The zero-order valence-corrected chi connectivity index (χ0v) is 16.1. The van der Waals surface area contributed by atoms with Crippen molar-refractivity contribution in [3.8, 4) is 5.75 Å². The number of halogens is 2. The molecule has 5 nitrogen and oxygen atoms in total. The Morgan fingerprint density at radius 2 is 1.96 bits per heavy atom. The number of carbonyl (C=O) groups is 1. The summed E-state index contributed by atoms with van der Waals surface area (Å²) in [6.45, 7) is 2.55. The maximum atomic E-state index is 12.3. The van der Waals surface area contributed by atoms with E-state index in [0.29, 0.717) is 33.2 Å². The SMILES string of the molecule is CCOc1ccc(Nc2nc(C(=O)Nc3cccc(Cl)c3Cl)cs2)cc1. The molecule has 0 aliphatic carbocycles. The summed E-state index contributed by atoms with van der Waals surface area (Å²) in [5.74, 6) is 0.445. The van der Waals surface area contributed by atoms with Gasteiger partial charge in [0.05, 0.1) is 22.3 Å². The van der Waals surface area contributed by atoms with Crippen LogP contribution < -0.4 is 15.4 Å². The summed E-state index contributed by atoms with van der Waals surface area (Å²) in [6, 6.07) is 12.6. The topological polar surface area (TPSA) is 63.2 Å². The zero-order valence-electron chi connectivity index (χ0n) is 13.8. The first-order valence-electron chi connectivity index (χ1n) is 7.77. The highest BCUT2D eigenvalue weighted by Gasteiger charge is 2.14. The van der Waals surface area contributed by atoms with Crippen molar-refractivity contribution < 1.29 is 9.53 Å². The predicted octanol–water partition coefficient (Wildman–Crippen LogP) is 5.84. The van der Waals surface area contributed by atoms with Crippen LogP contribution in [0.2, 0.25) is 10.0 Å². The second-order valence-electron chi connectivity index (χ2n) is 5.18. The number of amides is 1. The number of anilines is 3. The van der Waals surface area contributed by atoms with Crippen LogP contribution in [0.5, 0.6) is 5.75 Å². The average molecular weight is 408 g/mol. The summed E-state index contributed by atoms with van der Waals surface area (Å²) < 4.78 is 5.41. The van der Waals surface area contributed by atoms with Crippen LogP contribution in [0.3, 0.4) is 0 Å². The van der Waals surface area contributed by atoms with E-state index in [1.165, 1.54) is 11.3 Å². The highest BCUT2D eigenvalue weighted by Crippen LogP contribution is 2.30. The number of hydrogen-bond acceptors (Lipinski definition) is 5. The summed E-state index contributed by atoms with van der Waals surface area (Å²) in [7, 11) is 0. The molecule has 0 fully saturated rings. The molecule has 0 aliphatic heterocycles. The lowest BCUT2D eigenvalue weighted by Crippen LogP contribution is -2.12. The van der Waals surface area contributed by atoms with Crippen LogP contribution in [0.25, 0.3) is 0 Å². The first kappa shape index (κ1) is 18.5. The smallest absolute Gasteiger partial charge is 0.275 e. The van der Waals surface area contributed by atoms with Crippen LogP contribution in [0.15, 0.2) is 47.8 Å². The van der Waals surface area contributed by atoms with Gasteiger partial charge in [-0.2, -0.15) is 0 Å². The Hall–Kier alpha value is -2.28. The van der Waals surface area contributed by atoms with Crippen LogP contribution in [-0.4, -0.2) is 17.5 Å². The van der Waals surface area contributed by atoms with Crippen LogP contribution >= 0.6 is 34.5 Å². The Kier molecular flexibility index (Phi) is 5.98. The fraction of sp³-hybridized carbons (Fsp3) is 0.111. The van der Waals surface area contributed by atoms with Crippen molar-refractivity contribution in [1.82, 2.24) is 4.98 Å². The molecule has 3 rings (SSSR count). The number of rotatable bonds is 6. The zero-order chi connectivity index (χ0) is 18.5. The molecule has 1 aromatic heterocycles. The number of aromatic nitrogens is 1. The Bertz CT molecular complexity index is 913. The Morgan fingerprint density at radius 3 is 2.69 bits per heavy atom. The van der Waals surface area contributed by atoms with E-state index >= 15 is 0 Å². The Morgan fingerprint density at radius 1 is 1.19 bits per heavy atom. The number of hydrogen-bond donors (Lipinski definition) is 2. The van der Waals surface area contributed by atoms with Gasteiger partial charge in [0, 0.05) is 11.1 Å². The lowest BCUT2D eigenvalue weighted by Gasteiger charge is -2.07. The molecule has 2 aromatic carbocycles. The van der Waals surface area contributed by atoms with E-state index in [9.17, 15) is 4.79 Å². The average Bonchev–Trinajstić information content (AvgIpc) is 3.09. The number of carbonyl (C=O) groups excluding carboxylic acids is 1. The van der Waals surface area contributed by atoms with Crippen LogP contribution in [0.4, 0.5) is 16.5 Å². The molecule has 3 aromatic rings. The molecule has 1 amide bonds. The maximum Gasteiger partial charge on any atom is 0.275 e. The van der Waals surface area contributed by atoms with E-state index in [2.05, 4.69) is 15.6 Å². The van der Waals surface area contributed by atoms with Crippen LogP contribution in [0.1, 0.15) is 17.4 Å². The molecule has 0 aliphatic rings. The molecule has 0 saturated heterocycles. The van der Waals surface area contributed by atoms with Crippen molar-refractivity contribution in [3.63, 3.8) is 0 Å². The molecular weight excluding hydrogens is 393 g/mol. The van der Waals surface area contributed by atoms with Crippen LogP contribution in [0, 0.1) is 0 Å². The van der Waals surface area contributed by atoms with Crippen molar-refractivity contribution in [3.05, 3.63) is 63.6 Å². The van der Waals surface area contributed by atoms with E-state index in [0.717, 1.165) is 11.4 Å². The molecule has 134 valence electrons. The maximum absolute atomic E-state index is 12.3. The van der Waals surface area contributed by atoms with Gasteiger partial charge >= 0.3 is 0 Å². The first-order chi connectivity index (χ1) is 12.6. The van der Waals surface area contributed by atoms with Crippen LogP contribution in [-0.2, 0) is 0 Å². The van der Waals surface area contributed by atoms with E-state index in [1.54, 1.807) is 23.6 Å². The van der Waals surface area contributed by atoms with Crippen molar-refractivity contribution in [1.29, 1.82) is 0 Å². The molecule has 0 radical (unpaired) electrons. The molecular formula is C18H15Cl2N3O2S. The summed E-state index contributed by atoms with van der Waals surface area (Å²) in [6.07, 6.45) is 0. The van der Waals surface area contributed by atoms with Gasteiger partial charge in [-0.05, 0) is 43.3 Å². The lowest BCUT2D eigenvalue weighted by molar-refractivity contribution is 0.102.